The number of aliphatic hydroxyl groups excluding tert-OH is 1. The van der Waals surface area contributed by atoms with Crippen LogP contribution in [0.1, 0.15) is 11.4 Å². The van der Waals surface area contributed by atoms with Gasteiger partial charge >= 0.3 is 5.97 Å². The lowest BCUT2D eigenvalue weighted by atomic mass is 10.2. The topological polar surface area (TPSA) is 92.4 Å². The first-order valence-corrected chi connectivity index (χ1v) is 5.81. The van der Waals surface area contributed by atoms with Crippen molar-refractivity contribution in [3.05, 3.63) is 60.2 Å². The number of nitrogens with zero attached hydrogens (tertiary/aromatic N) is 2. The molecule has 2 rings (SSSR count). The van der Waals surface area contributed by atoms with Gasteiger partial charge in [0.05, 0.1) is 17.9 Å². The number of hydrogen-bond acceptors (Lipinski definition) is 4. The SMILES string of the molecule is O=C(O)C(=O)C=C(O)c1cccn1Cc1ccccn1. The van der Waals surface area contributed by atoms with Gasteiger partial charge in [-0.2, -0.15) is 0 Å². The lowest BCUT2D eigenvalue weighted by molar-refractivity contribution is -0.146. The minimum atomic E-state index is -1.61. The fourth-order valence-corrected chi connectivity index (χ4v) is 1.71. The van der Waals surface area contributed by atoms with Crippen molar-refractivity contribution in [1.29, 1.82) is 0 Å². The number of aromatic nitrogens is 2. The molecule has 0 aromatic carbocycles. The molecule has 0 aliphatic heterocycles. The van der Waals surface area contributed by atoms with Gasteiger partial charge in [0.1, 0.15) is 5.76 Å². The Morgan fingerprint density at radius 3 is 2.65 bits per heavy atom. The summed E-state index contributed by atoms with van der Waals surface area (Å²) in [6, 6.07) is 8.74. The summed E-state index contributed by atoms with van der Waals surface area (Å²) < 4.78 is 1.67. The molecule has 0 radical (unpaired) electrons. The molecular weight excluding hydrogens is 260 g/mol. The van der Waals surface area contributed by atoms with Crippen LogP contribution < -0.4 is 0 Å². The molecule has 0 saturated heterocycles. The van der Waals surface area contributed by atoms with Gasteiger partial charge in [0, 0.05) is 18.5 Å². The summed E-state index contributed by atoms with van der Waals surface area (Å²) in [7, 11) is 0. The van der Waals surface area contributed by atoms with E-state index >= 15 is 0 Å². The highest BCUT2D eigenvalue weighted by Crippen LogP contribution is 2.14. The minimum absolute atomic E-state index is 0.352. The van der Waals surface area contributed by atoms with Crippen molar-refractivity contribution in [1.82, 2.24) is 9.55 Å². The van der Waals surface area contributed by atoms with Crippen molar-refractivity contribution in [2.24, 2.45) is 0 Å². The van der Waals surface area contributed by atoms with Crippen LogP contribution in [0.25, 0.3) is 5.76 Å². The molecular formula is C14H12N2O4. The smallest absolute Gasteiger partial charge is 0.376 e. The molecule has 20 heavy (non-hydrogen) atoms. The molecule has 0 bridgehead atoms. The van der Waals surface area contributed by atoms with Gasteiger partial charge < -0.3 is 14.8 Å². The van der Waals surface area contributed by atoms with Gasteiger partial charge in [-0.05, 0) is 24.3 Å². The number of hydrogen-bond donors (Lipinski definition) is 2. The van der Waals surface area contributed by atoms with E-state index in [0.717, 1.165) is 5.69 Å². The molecule has 2 N–H and O–H groups in total. The average molecular weight is 272 g/mol. The van der Waals surface area contributed by atoms with E-state index in [0.29, 0.717) is 18.3 Å². The zero-order valence-corrected chi connectivity index (χ0v) is 10.4. The molecule has 6 nitrogen and oxygen atoms in total. The van der Waals surface area contributed by atoms with Gasteiger partial charge in [0.25, 0.3) is 5.78 Å². The van der Waals surface area contributed by atoms with Crippen molar-refractivity contribution < 1.29 is 19.8 Å². The Balaban J connectivity index is 2.25. The quantitative estimate of drug-likeness (QED) is 0.488. The zero-order valence-electron chi connectivity index (χ0n) is 10.4. The summed E-state index contributed by atoms with van der Waals surface area (Å²) in [6.07, 6.45) is 4.05. The Morgan fingerprint density at radius 2 is 2.00 bits per heavy atom. The maximum Gasteiger partial charge on any atom is 0.376 e. The first-order chi connectivity index (χ1) is 9.58. The van der Waals surface area contributed by atoms with Crippen LogP contribution >= 0.6 is 0 Å². The van der Waals surface area contributed by atoms with E-state index < -0.39 is 17.5 Å². The molecule has 2 aromatic rings. The van der Waals surface area contributed by atoms with Gasteiger partial charge in [-0.25, -0.2) is 4.79 Å². The van der Waals surface area contributed by atoms with E-state index in [4.69, 9.17) is 5.11 Å². The van der Waals surface area contributed by atoms with E-state index in [1.165, 1.54) is 0 Å². The molecule has 0 fully saturated rings. The number of aliphatic hydroxyl groups is 1. The lowest BCUT2D eigenvalue weighted by Crippen LogP contribution is -2.11. The maximum atomic E-state index is 11.1. The van der Waals surface area contributed by atoms with Crippen molar-refractivity contribution in [2.45, 2.75) is 6.54 Å². The Hall–Kier alpha value is -2.89. The molecule has 2 aromatic heterocycles. The summed E-state index contributed by atoms with van der Waals surface area (Å²) in [5.74, 6) is -3.18. The van der Waals surface area contributed by atoms with Crippen LogP contribution in [0.5, 0.6) is 0 Å². The van der Waals surface area contributed by atoms with E-state index in [2.05, 4.69) is 4.98 Å². The first kappa shape index (κ1) is 13.5. The fourth-order valence-electron chi connectivity index (χ4n) is 1.71. The van der Waals surface area contributed by atoms with Gasteiger partial charge in [-0.1, -0.05) is 6.07 Å². The molecule has 0 spiro atoms. The third kappa shape index (κ3) is 3.11. The van der Waals surface area contributed by atoms with Crippen molar-refractivity contribution in [3.8, 4) is 0 Å². The van der Waals surface area contributed by atoms with Crippen LogP contribution in [0.15, 0.2) is 48.8 Å². The Kier molecular flexibility index (Phi) is 3.95. The second-order valence-electron chi connectivity index (χ2n) is 4.04. The Morgan fingerprint density at radius 1 is 1.20 bits per heavy atom. The number of pyridine rings is 1. The van der Waals surface area contributed by atoms with Gasteiger partial charge in [-0.3, -0.25) is 9.78 Å². The number of ketones is 1. The van der Waals surface area contributed by atoms with Crippen molar-refractivity contribution in [3.63, 3.8) is 0 Å². The van der Waals surface area contributed by atoms with E-state index in [1.807, 2.05) is 12.1 Å². The van der Waals surface area contributed by atoms with Crippen LogP contribution in [0.3, 0.4) is 0 Å². The standard InChI is InChI=1S/C14H12N2O4/c17-12(8-13(18)14(19)20)11-5-3-7-16(11)9-10-4-1-2-6-15-10/h1-8,17H,9H2,(H,19,20). The number of carboxylic acids is 1. The number of carbonyl (C=O) groups excluding carboxylic acids is 1. The largest absolute Gasteiger partial charge is 0.506 e. The molecule has 0 saturated carbocycles. The second kappa shape index (κ2) is 5.83. The minimum Gasteiger partial charge on any atom is -0.506 e. The highest BCUT2D eigenvalue weighted by molar-refractivity contribution is 6.38. The lowest BCUT2D eigenvalue weighted by Gasteiger charge is -2.07. The summed E-state index contributed by atoms with van der Waals surface area (Å²) in [5.41, 5.74) is 1.13. The average Bonchev–Trinajstić information content (AvgIpc) is 2.88. The molecule has 102 valence electrons. The highest BCUT2D eigenvalue weighted by Gasteiger charge is 2.13. The van der Waals surface area contributed by atoms with Crippen LogP contribution in [0, 0.1) is 0 Å². The number of carboxylic acid groups (broad SMARTS) is 1. The summed E-state index contributed by atoms with van der Waals surface area (Å²) in [6.45, 7) is 0.405. The molecule has 2 heterocycles. The predicted molar refractivity (Wildman–Crippen MR) is 71.0 cm³/mol. The molecule has 0 unspecified atom stereocenters. The van der Waals surface area contributed by atoms with E-state index in [9.17, 15) is 14.7 Å². The summed E-state index contributed by atoms with van der Waals surface area (Å²) in [5, 5.41) is 18.3. The Bertz CT molecular complexity index is 659. The highest BCUT2D eigenvalue weighted by atomic mass is 16.4. The van der Waals surface area contributed by atoms with E-state index in [1.54, 1.807) is 35.2 Å². The van der Waals surface area contributed by atoms with E-state index in [-0.39, 0.29) is 0 Å². The molecule has 6 heteroatoms. The second-order valence-corrected chi connectivity index (χ2v) is 4.04. The first-order valence-electron chi connectivity index (χ1n) is 5.81. The van der Waals surface area contributed by atoms with Crippen LogP contribution in [-0.4, -0.2) is 31.5 Å². The predicted octanol–water partition coefficient (Wildman–Crippen LogP) is 1.48. The summed E-state index contributed by atoms with van der Waals surface area (Å²) in [4.78, 5) is 25.7. The Labute approximate surface area is 114 Å². The van der Waals surface area contributed by atoms with Gasteiger partial charge in [0.2, 0.25) is 0 Å². The number of carbonyl (C=O) groups is 2. The van der Waals surface area contributed by atoms with Crippen molar-refractivity contribution in [2.75, 3.05) is 0 Å². The summed E-state index contributed by atoms with van der Waals surface area (Å²) >= 11 is 0. The molecule has 0 atom stereocenters. The van der Waals surface area contributed by atoms with Crippen LogP contribution in [-0.2, 0) is 16.1 Å². The third-order valence-electron chi connectivity index (χ3n) is 2.63. The maximum absolute atomic E-state index is 11.1. The zero-order chi connectivity index (χ0) is 14.5. The van der Waals surface area contributed by atoms with Crippen LogP contribution in [0.2, 0.25) is 0 Å². The normalized spacial score (nSPS) is 11.3. The van der Waals surface area contributed by atoms with Crippen LogP contribution in [0.4, 0.5) is 0 Å². The van der Waals surface area contributed by atoms with Crippen molar-refractivity contribution >= 4 is 17.5 Å². The number of aliphatic carboxylic acids is 1. The number of rotatable bonds is 5. The fraction of sp³-hybridized carbons (Fsp3) is 0.0714. The molecule has 0 amide bonds. The molecule has 0 aliphatic carbocycles. The van der Waals surface area contributed by atoms with Gasteiger partial charge in [0.15, 0.2) is 0 Å². The molecule has 0 aliphatic rings. The third-order valence-corrected chi connectivity index (χ3v) is 2.63. The monoisotopic (exact) mass is 272 g/mol. The van der Waals surface area contributed by atoms with Gasteiger partial charge in [-0.15, -0.1) is 0 Å².